The van der Waals surface area contributed by atoms with E-state index in [0.29, 0.717) is 13.1 Å². The van der Waals surface area contributed by atoms with Crippen LogP contribution in [0.1, 0.15) is 13.8 Å². The molecule has 0 heterocycles. The first-order valence-electron chi connectivity index (χ1n) is 3.61. The molecular weight excluding hydrogens is 158 g/mol. The number of hydrogen-bond donors (Lipinski definition) is 3. The summed E-state index contributed by atoms with van der Waals surface area (Å²) < 4.78 is 0. The molecule has 0 aliphatic rings. The minimum atomic E-state index is -1.05. The Balaban J connectivity index is 3.45. The summed E-state index contributed by atoms with van der Waals surface area (Å²) in [6.45, 7) is 4.22. The van der Waals surface area contributed by atoms with Crippen LogP contribution in [0.3, 0.4) is 0 Å². The zero-order valence-corrected chi connectivity index (χ0v) is 7.22. The van der Waals surface area contributed by atoms with Gasteiger partial charge in [0.15, 0.2) is 0 Å². The van der Waals surface area contributed by atoms with Crippen LogP contribution in [0, 0.1) is 11.3 Å². The van der Waals surface area contributed by atoms with Crippen molar-refractivity contribution in [3.63, 3.8) is 0 Å². The lowest BCUT2D eigenvalue weighted by Gasteiger charge is -2.16. The fourth-order valence-corrected chi connectivity index (χ4v) is 0.584. The number of amides is 1. The minimum absolute atomic E-state index is 0.306. The van der Waals surface area contributed by atoms with Gasteiger partial charge in [-0.15, -0.1) is 0 Å². The molecule has 0 aromatic heterocycles. The van der Waals surface area contributed by atoms with Crippen LogP contribution in [-0.2, 0) is 0 Å². The van der Waals surface area contributed by atoms with Crippen molar-refractivity contribution >= 4 is 6.09 Å². The van der Waals surface area contributed by atoms with Gasteiger partial charge in [0, 0.05) is 13.1 Å². The molecule has 0 saturated carbocycles. The molecule has 5 heteroatoms. The monoisotopic (exact) mass is 171 g/mol. The van der Waals surface area contributed by atoms with Crippen LogP contribution in [0.15, 0.2) is 0 Å². The number of nitrogens with one attached hydrogen (secondary N) is 2. The Morgan fingerprint density at radius 1 is 1.58 bits per heavy atom. The Kier molecular flexibility index (Phi) is 4.08. The van der Waals surface area contributed by atoms with E-state index in [1.165, 1.54) is 0 Å². The van der Waals surface area contributed by atoms with Crippen LogP contribution in [-0.4, -0.2) is 29.8 Å². The maximum Gasteiger partial charge on any atom is 0.404 e. The topological polar surface area (TPSA) is 85.2 Å². The number of hydrogen-bond acceptors (Lipinski definition) is 3. The van der Waals surface area contributed by atoms with Crippen molar-refractivity contribution in [3.05, 3.63) is 0 Å². The molecule has 0 bridgehead atoms. The van der Waals surface area contributed by atoms with Crippen LogP contribution in [0.5, 0.6) is 0 Å². The van der Waals surface area contributed by atoms with Crippen molar-refractivity contribution in [2.24, 2.45) is 0 Å². The van der Waals surface area contributed by atoms with Crippen LogP contribution in [0.4, 0.5) is 4.79 Å². The summed E-state index contributed by atoms with van der Waals surface area (Å²) in [5.74, 6) is 0. The fourth-order valence-electron chi connectivity index (χ4n) is 0.584. The standard InChI is InChI=1S/C7H13N3O2/c1-7(2,5-8)10-4-3-9-6(11)12/h9-10H,3-4H2,1-2H3,(H,11,12). The van der Waals surface area contributed by atoms with Gasteiger partial charge in [-0.3, -0.25) is 5.32 Å². The Labute approximate surface area is 71.4 Å². The number of rotatable bonds is 4. The highest BCUT2D eigenvalue weighted by Crippen LogP contribution is 1.96. The normalized spacial score (nSPS) is 10.4. The highest BCUT2D eigenvalue weighted by Gasteiger charge is 2.13. The van der Waals surface area contributed by atoms with Gasteiger partial charge >= 0.3 is 6.09 Å². The molecule has 1 amide bonds. The molecule has 0 spiro atoms. The van der Waals surface area contributed by atoms with Crippen molar-refractivity contribution < 1.29 is 9.90 Å². The molecule has 3 N–H and O–H groups in total. The van der Waals surface area contributed by atoms with E-state index in [1.54, 1.807) is 13.8 Å². The molecule has 0 aromatic rings. The van der Waals surface area contributed by atoms with Gasteiger partial charge in [-0.2, -0.15) is 5.26 Å². The fraction of sp³-hybridized carbons (Fsp3) is 0.714. The van der Waals surface area contributed by atoms with Crippen LogP contribution < -0.4 is 10.6 Å². The summed E-state index contributed by atoms with van der Waals surface area (Å²) in [7, 11) is 0. The third-order valence-corrected chi connectivity index (χ3v) is 1.25. The van der Waals surface area contributed by atoms with Crippen molar-refractivity contribution in [3.8, 4) is 6.07 Å². The predicted molar refractivity (Wildman–Crippen MR) is 43.7 cm³/mol. The molecule has 12 heavy (non-hydrogen) atoms. The molecule has 0 radical (unpaired) electrons. The zero-order chi connectivity index (χ0) is 9.61. The van der Waals surface area contributed by atoms with Gasteiger partial charge in [0.2, 0.25) is 0 Å². The van der Waals surface area contributed by atoms with E-state index in [2.05, 4.69) is 10.6 Å². The van der Waals surface area contributed by atoms with Gasteiger partial charge in [-0.1, -0.05) is 0 Å². The Morgan fingerprint density at radius 2 is 2.17 bits per heavy atom. The summed E-state index contributed by atoms with van der Waals surface area (Å²) in [6, 6.07) is 2.04. The summed E-state index contributed by atoms with van der Waals surface area (Å²) >= 11 is 0. The van der Waals surface area contributed by atoms with Gasteiger partial charge in [0.25, 0.3) is 0 Å². The smallest absolute Gasteiger partial charge is 0.404 e. The number of carboxylic acid groups (broad SMARTS) is 1. The number of nitrogens with zero attached hydrogens (tertiary/aromatic N) is 1. The van der Waals surface area contributed by atoms with Crippen molar-refractivity contribution in [1.82, 2.24) is 10.6 Å². The SMILES string of the molecule is CC(C)(C#N)NCCNC(=O)O. The molecular formula is C7H13N3O2. The molecule has 0 fully saturated rings. The summed E-state index contributed by atoms with van der Waals surface area (Å²) in [5, 5.41) is 21.8. The van der Waals surface area contributed by atoms with Crippen molar-refractivity contribution in [2.45, 2.75) is 19.4 Å². The van der Waals surface area contributed by atoms with Gasteiger partial charge in [-0.05, 0) is 13.8 Å². The van der Waals surface area contributed by atoms with Crippen molar-refractivity contribution in [2.75, 3.05) is 13.1 Å². The molecule has 0 unspecified atom stereocenters. The Hall–Kier alpha value is -1.28. The van der Waals surface area contributed by atoms with Gasteiger partial charge in [-0.25, -0.2) is 4.79 Å². The van der Waals surface area contributed by atoms with Crippen molar-refractivity contribution in [1.29, 1.82) is 5.26 Å². The average molecular weight is 171 g/mol. The summed E-state index contributed by atoms with van der Waals surface area (Å²) in [4.78, 5) is 9.99. The molecule has 0 atom stereocenters. The zero-order valence-electron chi connectivity index (χ0n) is 7.22. The van der Waals surface area contributed by atoms with E-state index >= 15 is 0 Å². The highest BCUT2D eigenvalue weighted by molar-refractivity contribution is 5.64. The maximum atomic E-state index is 9.99. The van der Waals surface area contributed by atoms with Crippen LogP contribution in [0.2, 0.25) is 0 Å². The van der Waals surface area contributed by atoms with E-state index in [0.717, 1.165) is 0 Å². The van der Waals surface area contributed by atoms with Crippen LogP contribution >= 0.6 is 0 Å². The molecule has 68 valence electrons. The van der Waals surface area contributed by atoms with E-state index in [1.807, 2.05) is 6.07 Å². The lowest BCUT2D eigenvalue weighted by atomic mass is 10.1. The van der Waals surface area contributed by atoms with Gasteiger partial charge in [0.05, 0.1) is 6.07 Å². The largest absolute Gasteiger partial charge is 0.465 e. The lowest BCUT2D eigenvalue weighted by molar-refractivity contribution is 0.194. The van der Waals surface area contributed by atoms with E-state index < -0.39 is 11.6 Å². The molecule has 0 rings (SSSR count). The lowest BCUT2D eigenvalue weighted by Crippen LogP contribution is -2.42. The quantitative estimate of drug-likeness (QED) is 0.525. The van der Waals surface area contributed by atoms with Crippen LogP contribution in [0.25, 0.3) is 0 Å². The predicted octanol–water partition coefficient (Wildman–Crippen LogP) is 0.146. The molecule has 0 aliphatic heterocycles. The molecule has 0 aliphatic carbocycles. The summed E-state index contributed by atoms with van der Waals surface area (Å²) in [5.41, 5.74) is -0.597. The summed E-state index contributed by atoms with van der Waals surface area (Å²) in [6.07, 6.45) is -1.05. The number of carbonyl (C=O) groups is 1. The minimum Gasteiger partial charge on any atom is -0.465 e. The van der Waals surface area contributed by atoms with E-state index in [-0.39, 0.29) is 0 Å². The first-order valence-corrected chi connectivity index (χ1v) is 3.61. The van der Waals surface area contributed by atoms with Gasteiger partial charge < -0.3 is 10.4 Å². The molecule has 0 aromatic carbocycles. The second-order valence-electron chi connectivity index (χ2n) is 2.90. The van der Waals surface area contributed by atoms with Gasteiger partial charge in [0.1, 0.15) is 5.54 Å². The second kappa shape index (κ2) is 4.57. The maximum absolute atomic E-state index is 9.99. The third-order valence-electron chi connectivity index (χ3n) is 1.25. The Bertz CT molecular complexity index is 195. The third kappa shape index (κ3) is 5.50. The number of nitriles is 1. The first-order chi connectivity index (χ1) is 5.48. The van der Waals surface area contributed by atoms with E-state index in [4.69, 9.17) is 10.4 Å². The molecule has 5 nitrogen and oxygen atoms in total. The Morgan fingerprint density at radius 3 is 2.58 bits per heavy atom. The average Bonchev–Trinajstić information content (AvgIpc) is 1.98. The van der Waals surface area contributed by atoms with E-state index in [9.17, 15) is 4.79 Å². The molecule has 0 saturated heterocycles. The highest BCUT2D eigenvalue weighted by atomic mass is 16.4. The second-order valence-corrected chi connectivity index (χ2v) is 2.90. The first kappa shape index (κ1) is 10.7.